The highest BCUT2D eigenvalue weighted by atomic mass is 19.1. The number of hydrogen-bond donors (Lipinski definition) is 2. The molecule has 0 aliphatic heterocycles. The minimum Gasteiger partial charge on any atom is -0.490 e. The summed E-state index contributed by atoms with van der Waals surface area (Å²) in [5.74, 6) is 0.656. The Hall–Kier alpha value is -5.84. The number of nitrogens with one attached hydrogen (secondary N) is 2. The summed E-state index contributed by atoms with van der Waals surface area (Å²) in [6.07, 6.45) is 1.44. The van der Waals surface area contributed by atoms with Crippen molar-refractivity contribution in [2.24, 2.45) is 5.10 Å². The fourth-order valence-corrected chi connectivity index (χ4v) is 4.59. The molecule has 0 saturated carbocycles. The van der Waals surface area contributed by atoms with Gasteiger partial charge in [-0.1, -0.05) is 0 Å². The van der Waals surface area contributed by atoms with Crippen LogP contribution in [0, 0.1) is 19.7 Å². The first kappa shape index (κ1) is 31.6. The Bertz CT molecular complexity index is 1810. The molecule has 46 heavy (non-hydrogen) atoms. The van der Waals surface area contributed by atoms with E-state index >= 15 is 0 Å². The van der Waals surface area contributed by atoms with Crippen LogP contribution in [0.2, 0.25) is 0 Å². The highest BCUT2D eigenvalue weighted by Gasteiger charge is 2.13. The molecule has 2 N–H and O–H groups in total. The molecule has 10 nitrogen and oxygen atoms in total. The van der Waals surface area contributed by atoms with E-state index < -0.39 is 17.6 Å². The molecule has 0 spiro atoms. The first-order valence-electron chi connectivity index (χ1n) is 14.5. The summed E-state index contributed by atoms with van der Waals surface area (Å²) in [5, 5.41) is 6.65. The van der Waals surface area contributed by atoms with Gasteiger partial charge in [0.2, 0.25) is 0 Å². The summed E-state index contributed by atoms with van der Waals surface area (Å²) >= 11 is 0. The van der Waals surface area contributed by atoms with E-state index in [4.69, 9.17) is 18.6 Å². The lowest BCUT2D eigenvalue weighted by molar-refractivity contribution is -0.118. The first-order chi connectivity index (χ1) is 22.3. The van der Waals surface area contributed by atoms with Gasteiger partial charge in [-0.3, -0.25) is 9.59 Å². The highest BCUT2D eigenvalue weighted by molar-refractivity contribution is 5.93. The summed E-state index contributed by atoms with van der Waals surface area (Å²) in [4.78, 5) is 24.8. The number of aromatic nitrogens is 1. The SMILES string of the molecule is CCOc1cc(/C=N/NC(=O)c2ccc(COc3ccc(-n4c(C)ccc4C)cc3)o2)ccc1OCC(=O)Nc1ccc(F)cc1. The normalized spacial score (nSPS) is 11.0. The molecule has 5 rings (SSSR count). The van der Waals surface area contributed by atoms with Gasteiger partial charge in [-0.25, -0.2) is 9.82 Å². The number of rotatable bonds is 13. The molecule has 0 radical (unpaired) electrons. The molecule has 2 heterocycles. The molecular formula is C35H33FN4O6. The molecule has 236 valence electrons. The smallest absolute Gasteiger partial charge is 0.307 e. The van der Waals surface area contributed by atoms with E-state index in [-0.39, 0.29) is 19.0 Å². The van der Waals surface area contributed by atoms with Crippen LogP contribution in [0.15, 0.2) is 101 Å². The van der Waals surface area contributed by atoms with Gasteiger partial charge in [0.25, 0.3) is 5.91 Å². The van der Waals surface area contributed by atoms with Gasteiger partial charge in [0, 0.05) is 22.8 Å². The molecule has 3 aromatic carbocycles. The second kappa shape index (κ2) is 14.8. The number of benzene rings is 3. The zero-order valence-corrected chi connectivity index (χ0v) is 25.6. The van der Waals surface area contributed by atoms with Gasteiger partial charge in [0.1, 0.15) is 23.9 Å². The van der Waals surface area contributed by atoms with Gasteiger partial charge in [-0.2, -0.15) is 5.10 Å². The number of carbonyl (C=O) groups is 2. The van der Waals surface area contributed by atoms with E-state index in [1.54, 1.807) is 30.3 Å². The van der Waals surface area contributed by atoms with Gasteiger partial charge >= 0.3 is 5.91 Å². The Kier molecular flexibility index (Phi) is 10.1. The second-order valence-corrected chi connectivity index (χ2v) is 10.2. The Balaban J connectivity index is 1.11. The summed E-state index contributed by atoms with van der Waals surface area (Å²) in [6.45, 7) is 6.17. The number of anilines is 1. The summed E-state index contributed by atoms with van der Waals surface area (Å²) in [5.41, 5.74) is 6.86. The maximum absolute atomic E-state index is 13.1. The van der Waals surface area contributed by atoms with E-state index in [9.17, 15) is 14.0 Å². The van der Waals surface area contributed by atoms with Crippen LogP contribution in [0.4, 0.5) is 10.1 Å². The predicted octanol–water partition coefficient (Wildman–Crippen LogP) is 6.59. The molecule has 0 atom stereocenters. The van der Waals surface area contributed by atoms with Gasteiger partial charge in [0.15, 0.2) is 23.9 Å². The number of hydrazone groups is 1. The first-order valence-corrected chi connectivity index (χ1v) is 14.5. The van der Waals surface area contributed by atoms with E-state index in [0.29, 0.717) is 40.9 Å². The molecule has 2 amide bonds. The number of hydrogen-bond acceptors (Lipinski definition) is 7. The van der Waals surface area contributed by atoms with Crippen molar-refractivity contribution in [2.75, 3.05) is 18.5 Å². The van der Waals surface area contributed by atoms with Crippen molar-refractivity contribution in [1.82, 2.24) is 9.99 Å². The number of aryl methyl sites for hydroxylation is 2. The lowest BCUT2D eigenvalue weighted by Crippen LogP contribution is -2.20. The van der Waals surface area contributed by atoms with Gasteiger partial charge in [-0.05, 0) is 117 Å². The Morgan fingerprint density at radius 3 is 2.33 bits per heavy atom. The zero-order chi connectivity index (χ0) is 32.5. The standard InChI is InChI=1S/C35H33FN4O6/c1-4-43-33-19-25(7-17-31(33)45-22-34(41)38-27-10-8-26(36)9-11-27)20-37-39-35(42)32-18-16-30(46-32)21-44-29-14-12-28(13-15-29)40-23(2)5-6-24(40)3/h5-20H,4,21-22H2,1-3H3,(H,38,41)(H,39,42)/b37-20+. The summed E-state index contributed by atoms with van der Waals surface area (Å²) in [6, 6.07) is 25.6. The predicted molar refractivity (Wildman–Crippen MR) is 171 cm³/mol. The number of amides is 2. The lowest BCUT2D eigenvalue weighted by Gasteiger charge is -2.12. The van der Waals surface area contributed by atoms with Crippen molar-refractivity contribution >= 4 is 23.7 Å². The Labute approximate surface area is 265 Å². The average Bonchev–Trinajstić information content (AvgIpc) is 3.67. The minimum absolute atomic E-state index is 0.0855. The second-order valence-electron chi connectivity index (χ2n) is 10.2. The molecule has 0 aliphatic carbocycles. The molecule has 0 aliphatic rings. The van der Waals surface area contributed by atoms with Crippen LogP contribution in [0.25, 0.3) is 5.69 Å². The van der Waals surface area contributed by atoms with Crippen molar-refractivity contribution in [3.63, 3.8) is 0 Å². The molecule has 0 fully saturated rings. The summed E-state index contributed by atoms with van der Waals surface area (Å²) < 4.78 is 38.0. The van der Waals surface area contributed by atoms with Crippen LogP contribution in [-0.4, -0.2) is 35.8 Å². The van der Waals surface area contributed by atoms with Crippen LogP contribution >= 0.6 is 0 Å². The topological polar surface area (TPSA) is 116 Å². The van der Waals surface area contributed by atoms with Crippen molar-refractivity contribution in [2.45, 2.75) is 27.4 Å². The third kappa shape index (κ3) is 8.20. The quantitative estimate of drug-likeness (QED) is 0.113. The molecule has 0 bridgehead atoms. The van der Waals surface area contributed by atoms with Gasteiger partial charge in [0.05, 0.1) is 12.8 Å². The fraction of sp³-hybridized carbons (Fsp3) is 0.171. The van der Waals surface area contributed by atoms with E-state index in [1.165, 1.54) is 30.5 Å². The highest BCUT2D eigenvalue weighted by Crippen LogP contribution is 2.28. The van der Waals surface area contributed by atoms with E-state index in [0.717, 1.165) is 17.1 Å². The third-order valence-corrected chi connectivity index (χ3v) is 6.77. The number of nitrogens with zero attached hydrogens (tertiary/aromatic N) is 2. The maximum atomic E-state index is 13.1. The Morgan fingerprint density at radius 1 is 0.870 bits per heavy atom. The number of furan rings is 1. The fourth-order valence-electron chi connectivity index (χ4n) is 4.59. The zero-order valence-electron chi connectivity index (χ0n) is 25.6. The summed E-state index contributed by atoms with van der Waals surface area (Å²) in [7, 11) is 0. The van der Waals surface area contributed by atoms with Crippen molar-refractivity contribution < 1.29 is 32.6 Å². The largest absolute Gasteiger partial charge is 0.490 e. The molecular weight excluding hydrogens is 591 g/mol. The monoisotopic (exact) mass is 624 g/mol. The van der Waals surface area contributed by atoms with Crippen LogP contribution in [0.1, 0.15) is 40.2 Å². The lowest BCUT2D eigenvalue weighted by atomic mass is 10.2. The number of halogens is 1. The average molecular weight is 625 g/mol. The van der Waals surface area contributed by atoms with Crippen LogP contribution in [0.3, 0.4) is 0 Å². The van der Waals surface area contributed by atoms with E-state index in [2.05, 4.69) is 46.4 Å². The van der Waals surface area contributed by atoms with Crippen molar-refractivity contribution in [3.8, 4) is 22.9 Å². The van der Waals surface area contributed by atoms with Gasteiger partial charge in [-0.15, -0.1) is 0 Å². The van der Waals surface area contributed by atoms with Crippen LogP contribution < -0.4 is 25.0 Å². The van der Waals surface area contributed by atoms with Crippen molar-refractivity contribution in [3.05, 3.63) is 125 Å². The van der Waals surface area contributed by atoms with E-state index in [1.807, 2.05) is 31.2 Å². The molecule has 0 unspecified atom stereocenters. The molecule has 0 saturated heterocycles. The maximum Gasteiger partial charge on any atom is 0.307 e. The third-order valence-electron chi connectivity index (χ3n) is 6.77. The molecule has 11 heteroatoms. The molecule has 2 aromatic heterocycles. The number of carbonyl (C=O) groups excluding carboxylic acids is 2. The van der Waals surface area contributed by atoms with Gasteiger partial charge < -0.3 is 28.5 Å². The molecule has 5 aromatic rings. The number of ether oxygens (including phenoxy) is 3. The Morgan fingerprint density at radius 2 is 1.61 bits per heavy atom. The van der Waals surface area contributed by atoms with Crippen LogP contribution in [0.5, 0.6) is 17.2 Å². The minimum atomic E-state index is -0.526. The van der Waals surface area contributed by atoms with Crippen molar-refractivity contribution in [1.29, 1.82) is 0 Å². The van der Waals surface area contributed by atoms with Crippen LogP contribution in [-0.2, 0) is 11.4 Å².